The molecule has 0 bridgehead atoms. The van der Waals surface area contributed by atoms with Crippen molar-refractivity contribution in [1.82, 2.24) is 4.57 Å². The third-order valence-corrected chi connectivity index (χ3v) is 4.48. The van der Waals surface area contributed by atoms with Crippen LogP contribution in [0.3, 0.4) is 0 Å². The van der Waals surface area contributed by atoms with Crippen LogP contribution in [0.15, 0.2) is 17.1 Å². The number of rotatable bonds is 4. The van der Waals surface area contributed by atoms with E-state index in [1.54, 1.807) is 15.7 Å². The quantitative estimate of drug-likeness (QED) is 0.909. The number of amides is 1. The topological polar surface area (TPSA) is 62.5 Å². The fourth-order valence-corrected chi connectivity index (χ4v) is 3.06. The molecule has 0 aromatic carbocycles. The molecule has 3 rings (SSSR count). The number of aliphatic hydroxyl groups excluding tert-OH is 1. The highest BCUT2D eigenvalue weighted by Crippen LogP contribution is 2.33. The Morgan fingerprint density at radius 1 is 1.38 bits per heavy atom. The summed E-state index contributed by atoms with van der Waals surface area (Å²) in [4.78, 5) is 26.3. The zero-order valence-corrected chi connectivity index (χ0v) is 12.6. The van der Waals surface area contributed by atoms with Gasteiger partial charge in [-0.2, -0.15) is 0 Å². The number of aryl methyl sites for hydroxylation is 1. The summed E-state index contributed by atoms with van der Waals surface area (Å²) in [5.41, 5.74) is 1.13. The monoisotopic (exact) mass is 290 g/mol. The van der Waals surface area contributed by atoms with Crippen molar-refractivity contribution >= 4 is 11.6 Å². The van der Waals surface area contributed by atoms with Gasteiger partial charge in [-0.1, -0.05) is 6.92 Å². The molecule has 5 nitrogen and oxygen atoms in total. The van der Waals surface area contributed by atoms with Gasteiger partial charge >= 0.3 is 0 Å². The van der Waals surface area contributed by atoms with Crippen LogP contribution in [0, 0.1) is 18.8 Å². The van der Waals surface area contributed by atoms with Crippen LogP contribution in [-0.2, 0) is 11.3 Å². The van der Waals surface area contributed by atoms with Gasteiger partial charge < -0.3 is 14.6 Å². The van der Waals surface area contributed by atoms with E-state index < -0.39 is 6.10 Å². The van der Waals surface area contributed by atoms with Gasteiger partial charge in [-0.3, -0.25) is 9.59 Å². The Morgan fingerprint density at radius 2 is 2.10 bits per heavy atom. The molecule has 1 amide bonds. The molecule has 2 fully saturated rings. The molecule has 1 aliphatic carbocycles. The lowest BCUT2D eigenvalue weighted by Crippen LogP contribution is -2.36. The van der Waals surface area contributed by atoms with Gasteiger partial charge in [-0.05, 0) is 43.2 Å². The van der Waals surface area contributed by atoms with Crippen molar-refractivity contribution in [1.29, 1.82) is 0 Å². The summed E-state index contributed by atoms with van der Waals surface area (Å²) in [5.74, 6) is 0.625. The number of aromatic nitrogens is 1. The van der Waals surface area contributed by atoms with Crippen molar-refractivity contribution < 1.29 is 9.90 Å². The average molecular weight is 290 g/mol. The molecular formula is C16H22N2O3. The number of nitrogens with zero attached hydrogens (tertiary/aromatic N) is 2. The van der Waals surface area contributed by atoms with Gasteiger partial charge in [0.2, 0.25) is 5.91 Å². The first-order chi connectivity index (χ1) is 9.97. The van der Waals surface area contributed by atoms with E-state index in [2.05, 4.69) is 0 Å². The van der Waals surface area contributed by atoms with Crippen LogP contribution in [0.25, 0.3) is 0 Å². The van der Waals surface area contributed by atoms with Crippen LogP contribution in [0.2, 0.25) is 0 Å². The van der Waals surface area contributed by atoms with Crippen LogP contribution >= 0.6 is 0 Å². The molecule has 1 saturated heterocycles. The SMILES string of the molecule is Cc1ccn(CC(O)C2CC2)c(=O)c1N1CC(C)CC1=O. The molecule has 2 atom stereocenters. The van der Waals surface area contributed by atoms with E-state index in [1.807, 2.05) is 19.9 Å². The molecule has 21 heavy (non-hydrogen) atoms. The average Bonchev–Trinajstić information content (AvgIpc) is 3.20. The van der Waals surface area contributed by atoms with Crippen molar-refractivity contribution in [3.63, 3.8) is 0 Å². The second-order valence-corrected chi connectivity index (χ2v) is 6.52. The number of hydrogen-bond acceptors (Lipinski definition) is 3. The first kappa shape index (κ1) is 14.3. The zero-order valence-electron chi connectivity index (χ0n) is 12.6. The fourth-order valence-electron chi connectivity index (χ4n) is 3.06. The van der Waals surface area contributed by atoms with Crippen LogP contribution < -0.4 is 10.5 Å². The second kappa shape index (κ2) is 5.30. The molecule has 114 valence electrons. The number of hydrogen-bond donors (Lipinski definition) is 1. The summed E-state index contributed by atoms with van der Waals surface area (Å²) in [6.45, 7) is 4.79. The van der Waals surface area contributed by atoms with Gasteiger partial charge in [-0.15, -0.1) is 0 Å². The Hall–Kier alpha value is -1.62. The molecule has 0 radical (unpaired) electrons. The molecule has 1 aromatic heterocycles. The lowest BCUT2D eigenvalue weighted by atomic mass is 10.2. The lowest BCUT2D eigenvalue weighted by Gasteiger charge is -2.20. The fraction of sp³-hybridized carbons (Fsp3) is 0.625. The van der Waals surface area contributed by atoms with E-state index in [0.717, 1.165) is 18.4 Å². The van der Waals surface area contributed by atoms with Crippen LogP contribution in [0.4, 0.5) is 5.69 Å². The molecule has 2 unspecified atom stereocenters. The van der Waals surface area contributed by atoms with Crippen LogP contribution in [0.5, 0.6) is 0 Å². The van der Waals surface area contributed by atoms with Gasteiger partial charge in [0.15, 0.2) is 0 Å². The van der Waals surface area contributed by atoms with E-state index in [1.165, 1.54) is 0 Å². The summed E-state index contributed by atoms with van der Waals surface area (Å²) in [5, 5.41) is 10.0. The molecular weight excluding hydrogens is 268 g/mol. The van der Waals surface area contributed by atoms with Gasteiger partial charge in [-0.25, -0.2) is 0 Å². The maximum atomic E-state index is 12.7. The number of carbonyl (C=O) groups is 1. The number of anilines is 1. The number of aliphatic hydroxyl groups is 1. The highest BCUT2D eigenvalue weighted by Gasteiger charge is 2.32. The lowest BCUT2D eigenvalue weighted by molar-refractivity contribution is -0.117. The Morgan fingerprint density at radius 3 is 2.67 bits per heavy atom. The van der Waals surface area contributed by atoms with Crippen molar-refractivity contribution in [2.24, 2.45) is 11.8 Å². The van der Waals surface area contributed by atoms with Crippen LogP contribution in [0.1, 0.15) is 31.7 Å². The zero-order chi connectivity index (χ0) is 15.1. The van der Waals surface area contributed by atoms with Gasteiger partial charge in [0.1, 0.15) is 5.69 Å². The van der Waals surface area contributed by atoms with Gasteiger partial charge in [0.05, 0.1) is 12.6 Å². The van der Waals surface area contributed by atoms with Crippen molar-refractivity contribution in [3.05, 3.63) is 28.2 Å². The second-order valence-electron chi connectivity index (χ2n) is 6.52. The van der Waals surface area contributed by atoms with E-state index in [9.17, 15) is 14.7 Å². The van der Waals surface area contributed by atoms with E-state index in [4.69, 9.17) is 0 Å². The first-order valence-corrected chi connectivity index (χ1v) is 7.66. The predicted octanol–water partition coefficient (Wildman–Crippen LogP) is 1.30. The maximum Gasteiger partial charge on any atom is 0.274 e. The summed E-state index contributed by atoms with van der Waals surface area (Å²) in [6.07, 6.45) is 3.83. The minimum Gasteiger partial charge on any atom is -0.391 e. The Labute approximate surface area is 124 Å². The number of pyridine rings is 1. The highest BCUT2D eigenvalue weighted by molar-refractivity contribution is 5.96. The third kappa shape index (κ3) is 2.75. The minimum atomic E-state index is -0.466. The van der Waals surface area contributed by atoms with Gasteiger partial charge in [0.25, 0.3) is 5.56 Å². The molecule has 1 N–H and O–H groups in total. The maximum absolute atomic E-state index is 12.7. The summed E-state index contributed by atoms with van der Waals surface area (Å²) in [6, 6.07) is 1.85. The summed E-state index contributed by atoms with van der Waals surface area (Å²) < 4.78 is 1.54. The number of carbonyl (C=O) groups excluding carboxylic acids is 1. The minimum absolute atomic E-state index is 0.0168. The van der Waals surface area contributed by atoms with Crippen LogP contribution in [-0.4, -0.2) is 28.2 Å². The van der Waals surface area contributed by atoms with E-state index in [-0.39, 0.29) is 17.4 Å². The molecule has 2 heterocycles. The van der Waals surface area contributed by atoms with E-state index >= 15 is 0 Å². The van der Waals surface area contributed by atoms with E-state index in [0.29, 0.717) is 31.1 Å². The van der Waals surface area contributed by atoms with Crippen molar-refractivity contribution in [3.8, 4) is 0 Å². The molecule has 5 heteroatoms. The molecule has 0 spiro atoms. The standard InChI is InChI=1S/C16H22N2O3/c1-10-7-14(20)18(8-10)15-11(2)5-6-17(16(15)21)9-13(19)12-3-4-12/h5-6,10,12-13,19H,3-4,7-9H2,1-2H3. The smallest absolute Gasteiger partial charge is 0.274 e. The largest absolute Gasteiger partial charge is 0.391 e. The molecule has 1 aromatic rings. The van der Waals surface area contributed by atoms with Crippen molar-refractivity contribution in [2.45, 2.75) is 45.8 Å². The molecule has 1 aliphatic heterocycles. The highest BCUT2D eigenvalue weighted by atomic mass is 16.3. The van der Waals surface area contributed by atoms with Crippen molar-refractivity contribution in [2.75, 3.05) is 11.4 Å². The predicted molar refractivity (Wildman–Crippen MR) is 80.3 cm³/mol. The summed E-state index contributed by atoms with van der Waals surface area (Å²) in [7, 11) is 0. The Balaban J connectivity index is 1.92. The normalized spacial score (nSPS) is 23.7. The first-order valence-electron chi connectivity index (χ1n) is 7.66. The molecule has 1 saturated carbocycles. The Kier molecular flexibility index (Phi) is 3.61. The summed E-state index contributed by atoms with van der Waals surface area (Å²) >= 11 is 0. The Bertz CT molecular complexity index is 618. The third-order valence-electron chi connectivity index (χ3n) is 4.48. The van der Waals surface area contributed by atoms with Gasteiger partial charge in [0, 0.05) is 19.2 Å². The molecule has 2 aliphatic rings.